The molecule has 0 unspecified atom stereocenters. The molecular weight excluding hydrogens is 256 g/mol. The Balaban J connectivity index is 1.47. The molecule has 1 aromatic heterocycles. The summed E-state index contributed by atoms with van der Waals surface area (Å²) in [6.07, 6.45) is 2.63. The first-order valence-electron chi connectivity index (χ1n) is 6.75. The zero-order valence-corrected chi connectivity index (χ0v) is 11.5. The van der Waals surface area contributed by atoms with Crippen LogP contribution in [0.1, 0.15) is 40.6 Å². The number of nitrogens with zero attached hydrogens (tertiary/aromatic N) is 2. The Labute approximate surface area is 116 Å². The SMILES string of the molecule is Oc1ccc2c(c1)CN(Cc1nc(C3CC3)cs1)C2. The molecule has 0 bridgehead atoms. The van der Waals surface area contributed by atoms with Crippen LogP contribution in [-0.2, 0) is 19.6 Å². The highest BCUT2D eigenvalue weighted by Crippen LogP contribution is 2.40. The molecule has 2 aliphatic rings. The van der Waals surface area contributed by atoms with Crippen LogP contribution in [0.2, 0.25) is 0 Å². The Morgan fingerprint density at radius 2 is 2.11 bits per heavy atom. The van der Waals surface area contributed by atoms with Crippen LogP contribution in [0, 0.1) is 0 Å². The highest BCUT2D eigenvalue weighted by atomic mass is 32.1. The van der Waals surface area contributed by atoms with Gasteiger partial charge in [-0.05, 0) is 36.1 Å². The van der Waals surface area contributed by atoms with Gasteiger partial charge in [0.15, 0.2) is 0 Å². The molecule has 98 valence electrons. The fourth-order valence-corrected chi connectivity index (χ4v) is 3.64. The Morgan fingerprint density at radius 3 is 2.95 bits per heavy atom. The number of fused-ring (bicyclic) bond motifs is 1. The molecule has 2 aromatic rings. The van der Waals surface area contributed by atoms with E-state index >= 15 is 0 Å². The zero-order valence-electron chi connectivity index (χ0n) is 10.7. The maximum atomic E-state index is 9.51. The average molecular weight is 272 g/mol. The molecule has 1 aromatic carbocycles. The number of hydrogen-bond acceptors (Lipinski definition) is 4. The van der Waals surface area contributed by atoms with Gasteiger partial charge in [-0.25, -0.2) is 4.98 Å². The lowest BCUT2D eigenvalue weighted by atomic mass is 10.1. The number of phenolic OH excluding ortho intramolecular Hbond substituents is 1. The predicted molar refractivity (Wildman–Crippen MR) is 75.1 cm³/mol. The van der Waals surface area contributed by atoms with Crippen LogP contribution in [0.3, 0.4) is 0 Å². The molecule has 0 atom stereocenters. The van der Waals surface area contributed by atoms with Crippen molar-refractivity contribution in [1.29, 1.82) is 0 Å². The smallest absolute Gasteiger partial charge is 0.115 e. The second-order valence-corrected chi connectivity index (χ2v) is 6.48. The Kier molecular flexibility index (Phi) is 2.60. The van der Waals surface area contributed by atoms with E-state index in [0.29, 0.717) is 5.75 Å². The molecule has 3 nitrogen and oxygen atoms in total. The van der Waals surface area contributed by atoms with Gasteiger partial charge in [0, 0.05) is 24.4 Å². The van der Waals surface area contributed by atoms with E-state index in [1.807, 2.05) is 12.1 Å². The maximum Gasteiger partial charge on any atom is 0.115 e. The summed E-state index contributed by atoms with van der Waals surface area (Å²) in [4.78, 5) is 7.13. The molecule has 0 amide bonds. The van der Waals surface area contributed by atoms with Gasteiger partial charge in [-0.3, -0.25) is 4.90 Å². The lowest BCUT2D eigenvalue weighted by Gasteiger charge is -2.12. The number of benzene rings is 1. The number of phenols is 1. The minimum Gasteiger partial charge on any atom is -0.508 e. The van der Waals surface area contributed by atoms with Crippen molar-refractivity contribution in [3.63, 3.8) is 0 Å². The lowest BCUT2D eigenvalue weighted by Crippen LogP contribution is -2.15. The average Bonchev–Trinajstić information content (AvgIpc) is 3.01. The molecule has 1 fully saturated rings. The maximum absolute atomic E-state index is 9.51. The summed E-state index contributed by atoms with van der Waals surface area (Å²) in [6, 6.07) is 5.69. The Morgan fingerprint density at radius 1 is 1.26 bits per heavy atom. The lowest BCUT2D eigenvalue weighted by molar-refractivity contribution is 0.275. The van der Waals surface area contributed by atoms with Crippen molar-refractivity contribution < 1.29 is 5.11 Å². The molecule has 2 heterocycles. The van der Waals surface area contributed by atoms with Gasteiger partial charge in [0.1, 0.15) is 10.8 Å². The van der Waals surface area contributed by atoms with Crippen LogP contribution in [0.15, 0.2) is 23.6 Å². The first-order chi connectivity index (χ1) is 9.28. The van der Waals surface area contributed by atoms with Crippen LogP contribution in [0.5, 0.6) is 5.75 Å². The molecule has 1 saturated carbocycles. The van der Waals surface area contributed by atoms with Gasteiger partial charge in [-0.2, -0.15) is 0 Å². The predicted octanol–water partition coefficient (Wildman–Crippen LogP) is 3.24. The van der Waals surface area contributed by atoms with Crippen molar-refractivity contribution in [3.8, 4) is 5.75 Å². The first-order valence-corrected chi connectivity index (χ1v) is 7.63. The summed E-state index contributed by atoms with van der Waals surface area (Å²) in [5, 5.41) is 13.0. The van der Waals surface area contributed by atoms with Gasteiger partial charge in [0.2, 0.25) is 0 Å². The summed E-state index contributed by atoms with van der Waals surface area (Å²) >= 11 is 1.78. The molecular formula is C15H16N2OS. The second kappa shape index (κ2) is 4.32. The third-order valence-corrected chi connectivity index (χ3v) is 4.75. The highest BCUT2D eigenvalue weighted by Gasteiger charge is 2.26. The first kappa shape index (κ1) is 11.4. The van der Waals surface area contributed by atoms with Crippen molar-refractivity contribution in [3.05, 3.63) is 45.4 Å². The quantitative estimate of drug-likeness (QED) is 0.932. The van der Waals surface area contributed by atoms with E-state index in [4.69, 9.17) is 4.98 Å². The minimum absolute atomic E-state index is 0.367. The molecule has 1 N–H and O–H groups in total. The number of hydrogen-bond donors (Lipinski definition) is 1. The number of aromatic hydroxyl groups is 1. The third-order valence-electron chi connectivity index (χ3n) is 3.90. The molecule has 0 radical (unpaired) electrons. The van der Waals surface area contributed by atoms with Gasteiger partial charge < -0.3 is 5.11 Å². The zero-order chi connectivity index (χ0) is 12.8. The number of rotatable bonds is 3. The topological polar surface area (TPSA) is 36.4 Å². The van der Waals surface area contributed by atoms with Crippen LogP contribution in [0.4, 0.5) is 0 Å². The molecule has 1 aliphatic carbocycles. The highest BCUT2D eigenvalue weighted by molar-refractivity contribution is 7.09. The van der Waals surface area contributed by atoms with E-state index in [1.54, 1.807) is 17.4 Å². The van der Waals surface area contributed by atoms with Crippen molar-refractivity contribution in [2.75, 3.05) is 0 Å². The molecule has 4 rings (SSSR count). The summed E-state index contributed by atoms with van der Waals surface area (Å²) < 4.78 is 0. The fraction of sp³-hybridized carbons (Fsp3) is 0.400. The standard InChI is InChI=1S/C15H16N2OS/c18-13-4-3-11-6-17(7-12(11)5-13)8-15-16-14(9-19-15)10-1-2-10/h3-5,9-10,18H,1-2,6-8H2. The molecule has 0 saturated heterocycles. The van der Waals surface area contributed by atoms with Crippen molar-refractivity contribution in [1.82, 2.24) is 9.88 Å². The van der Waals surface area contributed by atoms with Gasteiger partial charge >= 0.3 is 0 Å². The molecule has 4 heteroatoms. The molecule has 0 spiro atoms. The summed E-state index contributed by atoms with van der Waals surface area (Å²) in [5.74, 6) is 1.11. The summed E-state index contributed by atoms with van der Waals surface area (Å²) in [6.45, 7) is 2.81. The van der Waals surface area contributed by atoms with E-state index in [2.05, 4.69) is 10.3 Å². The second-order valence-electron chi connectivity index (χ2n) is 5.54. The number of aromatic nitrogens is 1. The third kappa shape index (κ3) is 2.26. The van der Waals surface area contributed by atoms with E-state index in [9.17, 15) is 5.11 Å². The number of thiazole rings is 1. The minimum atomic E-state index is 0.367. The summed E-state index contributed by atoms with van der Waals surface area (Å²) in [5.41, 5.74) is 3.88. The van der Waals surface area contributed by atoms with Crippen molar-refractivity contribution >= 4 is 11.3 Å². The Hall–Kier alpha value is -1.39. The van der Waals surface area contributed by atoms with Crippen LogP contribution in [-0.4, -0.2) is 15.0 Å². The molecule has 1 aliphatic heterocycles. The normalized spacial score (nSPS) is 18.7. The largest absolute Gasteiger partial charge is 0.508 e. The van der Waals surface area contributed by atoms with Gasteiger partial charge in [-0.15, -0.1) is 11.3 Å². The van der Waals surface area contributed by atoms with Crippen molar-refractivity contribution in [2.24, 2.45) is 0 Å². The Bertz CT molecular complexity index is 618. The van der Waals surface area contributed by atoms with Crippen molar-refractivity contribution in [2.45, 2.75) is 38.4 Å². The summed E-state index contributed by atoms with van der Waals surface area (Å²) in [7, 11) is 0. The van der Waals surface area contributed by atoms with Gasteiger partial charge in [0.25, 0.3) is 0 Å². The fourth-order valence-electron chi connectivity index (χ4n) is 2.72. The van der Waals surface area contributed by atoms with Crippen LogP contribution in [0.25, 0.3) is 0 Å². The molecule has 19 heavy (non-hydrogen) atoms. The van der Waals surface area contributed by atoms with E-state index in [1.165, 1.54) is 34.7 Å². The van der Waals surface area contributed by atoms with Crippen LogP contribution < -0.4 is 0 Å². The van der Waals surface area contributed by atoms with Gasteiger partial charge in [-0.1, -0.05) is 6.07 Å². The van der Waals surface area contributed by atoms with E-state index in [0.717, 1.165) is 25.6 Å². The van der Waals surface area contributed by atoms with E-state index in [-0.39, 0.29) is 0 Å². The van der Waals surface area contributed by atoms with Gasteiger partial charge in [0.05, 0.1) is 12.2 Å². The van der Waals surface area contributed by atoms with Crippen LogP contribution >= 0.6 is 11.3 Å². The van der Waals surface area contributed by atoms with E-state index < -0.39 is 0 Å². The monoisotopic (exact) mass is 272 g/mol.